The van der Waals surface area contributed by atoms with Crippen LogP contribution in [0.3, 0.4) is 0 Å². The summed E-state index contributed by atoms with van der Waals surface area (Å²) in [6.45, 7) is 8.35. The third-order valence-corrected chi connectivity index (χ3v) is 6.44. The van der Waals surface area contributed by atoms with E-state index in [9.17, 15) is 0 Å². The van der Waals surface area contributed by atoms with Gasteiger partial charge in [0.15, 0.2) is 0 Å². The second-order valence-corrected chi connectivity index (χ2v) is 8.80. The van der Waals surface area contributed by atoms with E-state index in [1.54, 1.807) is 0 Å². The number of hydrogen-bond acceptors (Lipinski definition) is 4. The number of aryl methyl sites for hydroxylation is 4. The maximum atomic E-state index is 6.83. The number of hydrogen-bond donors (Lipinski definition) is 2. The van der Waals surface area contributed by atoms with Gasteiger partial charge in [0, 0.05) is 0 Å². The number of nitrogens with two attached hydrogens (primary N) is 1. The minimum absolute atomic E-state index is 0.766. The summed E-state index contributed by atoms with van der Waals surface area (Å²) in [6, 6.07) is 27.9. The second kappa shape index (κ2) is 9.72. The van der Waals surface area contributed by atoms with Crippen molar-refractivity contribution in [1.82, 2.24) is 5.32 Å². The van der Waals surface area contributed by atoms with Gasteiger partial charge in [-0.3, -0.25) is 5.32 Å². The Morgan fingerprint density at radius 3 is 1.21 bits per heavy atom. The summed E-state index contributed by atoms with van der Waals surface area (Å²) in [5.74, 6) is 3.18. The van der Waals surface area contributed by atoms with Crippen LogP contribution >= 0.6 is 0 Å². The number of rotatable bonds is 7. The van der Waals surface area contributed by atoms with Crippen molar-refractivity contribution >= 4 is 0 Å². The van der Waals surface area contributed by atoms with Crippen LogP contribution in [-0.2, 0) is 5.66 Å². The first-order chi connectivity index (χ1) is 16.3. The molecule has 0 unspecified atom stereocenters. The third kappa shape index (κ3) is 4.98. The predicted octanol–water partition coefficient (Wildman–Crippen LogP) is 6.88. The fourth-order valence-corrected chi connectivity index (χ4v) is 3.85. The Hall–Kier alpha value is -3.60. The highest BCUT2D eigenvalue weighted by atomic mass is 16.5. The molecule has 3 N–H and O–H groups in total. The molecule has 0 aliphatic heterocycles. The van der Waals surface area contributed by atoms with E-state index in [0.29, 0.717) is 0 Å². The molecule has 0 saturated heterocycles. The van der Waals surface area contributed by atoms with Gasteiger partial charge in [-0.25, -0.2) is 0 Å². The lowest BCUT2D eigenvalue weighted by Gasteiger charge is -2.30. The van der Waals surface area contributed by atoms with Gasteiger partial charge in [0.2, 0.25) is 0 Å². The molecule has 0 aromatic heterocycles. The molecule has 0 aliphatic rings. The molecule has 4 heteroatoms. The van der Waals surface area contributed by atoms with Crippen molar-refractivity contribution < 1.29 is 9.47 Å². The molecular weight excluding hydrogens is 420 g/mol. The summed E-state index contributed by atoms with van der Waals surface area (Å²) in [7, 11) is 1.86. The summed E-state index contributed by atoms with van der Waals surface area (Å²) < 4.78 is 12.1. The highest BCUT2D eigenvalue weighted by Crippen LogP contribution is 2.31. The van der Waals surface area contributed by atoms with E-state index in [4.69, 9.17) is 15.2 Å². The summed E-state index contributed by atoms with van der Waals surface area (Å²) in [4.78, 5) is 0. The van der Waals surface area contributed by atoms with Crippen LogP contribution in [0.5, 0.6) is 23.0 Å². The maximum absolute atomic E-state index is 6.83. The van der Waals surface area contributed by atoms with Gasteiger partial charge in [-0.1, -0.05) is 36.4 Å². The Kier molecular flexibility index (Phi) is 6.73. The first-order valence-electron chi connectivity index (χ1n) is 11.5. The predicted molar refractivity (Wildman–Crippen MR) is 139 cm³/mol. The van der Waals surface area contributed by atoms with Crippen LogP contribution in [0.1, 0.15) is 33.4 Å². The summed E-state index contributed by atoms with van der Waals surface area (Å²) >= 11 is 0. The SMILES string of the molecule is CNC(N)(c1ccc(Oc2ccc(C)c(C)c2)cc1)c1ccc(Oc2ccc(C)c(C)c2)cc1. The average Bonchev–Trinajstić information content (AvgIpc) is 2.84. The lowest BCUT2D eigenvalue weighted by molar-refractivity contribution is 0.450. The van der Waals surface area contributed by atoms with Gasteiger partial charge in [0.1, 0.15) is 28.7 Å². The van der Waals surface area contributed by atoms with E-state index < -0.39 is 5.66 Å². The van der Waals surface area contributed by atoms with E-state index in [-0.39, 0.29) is 0 Å². The summed E-state index contributed by atoms with van der Waals surface area (Å²) in [6.07, 6.45) is 0. The lowest BCUT2D eigenvalue weighted by atomic mass is 9.92. The average molecular weight is 453 g/mol. The van der Waals surface area contributed by atoms with Gasteiger partial charge in [0.05, 0.1) is 0 Å². The van der Waals surface area contributed by atoms with Crippen LogP contribution in [0.2, 0.25) is 0 Å². The fourth-order valence-electron chi connectivity index (χ4n) is 3.85. The molecule has 4 rings (SSSR count). The molecule has 4 aromatic carbocycles. The zero-order valence-electron chi connectivity index (χ0n) is 20.5. The molecule has 0 bridgehead atoms. The largest absolute Gasteiger partial charge is 0.457 e. The van der Waals surface area contributed by atoms with Crippen molar-refractivity contribution in [3.63, 3.8) is 0 Å². The normalized spacial score (nSPS) is 11.4. The molecule has 0 radical (unpaired) electrons. The van der Waals surface area contributed by atoms with Gasteiger partial charge in [-0.05, 0) is 117 Å². The van der Waals surface area contributed by atoms with Crippen molar-refractivity contribution in [2.75, 3.05) is 7.05 Å². The zero-order valence-corrected chi connectivity index (χ0v) is 20.5. The molecular formula is C30H32N2O2. The van der Waals surface area contributed by atoms with E-state index in [1.807, 2.05) is 79.8 Å². The molecule has 0 saturated carbocycles. The fraction of sp³-hybridized carbons (Fsp3) is 0.200. The standard InChI is InChI=1S/C30H32N2O2/c1-20-6-12-28(18-22(20)3)33-26-14-8-24(9-15-26)30(31,32-5)25-10-16-27(17-11-25)34-29-13-7-21(2)23(4)19-29/h6-19,32H,31H2,1-5H3. The quantitative estimate of drug-likeness (QED) is 0.300. The van der Waals surface area contributed by atoms with E-state index in [2.05, 4.69) is 45.1 Å². The smallest absolute Gasteiger partial charge is 0.127 e. The van der Waals surface area contributed by atoms with Crippen molar-refractivity contribution in [2.45, 2.75) is 33.4 Å². The molecule has 0 heterocycles. The molecule has 4 nitrogen and oxygen atoms in total. The number of nitrogens with one attached hydrogen (secondary N) is 1. The van der Waals surface area contributed by atoms with Crippen molar-refractivity contribution in [1.29, 1.82) is 0 Å². The topological polar surface area (TPSA) is 56.5 Å². The zero-order chi connectivity index (χ0) is 24.3. The van der Waals surface area contributed by atoms with Crippen LogP contribution in [0, 0.1) is 27.7 Å². The molecule has 4 aromatic rings. The van der Waals surface area contributed by atoms with Crippen molar-refractivity contribution in [2.24, 2.45) is 5.73 Å². The van der Waals surface area contributed by atoms with Gasteiger partial charge in [-0.2, -0.15) is 0 Å². The van der Waals surface area contributed by atoms with Gasteiger partial charge >= 0.3 is 0 Å². The molecule has 174 valence electrons. The Balaban J connectivity index is 1.51. The van der Waals surface area contributed by atoms with Gasteiger partial charge in [-0.15, -0.1) is 0 Å². The van der Waals surface area contributed by atoms with Crippen LogP contribution in [0.25, 0.3) is 0 Å². The van der Waals surface area contributed by atoms with Crippen molar-refractivity contribution in [3.8, 4) is 23.0 Å². The first-order valence-corrected chi connectivity index (χ1v) is 11.5. The van der Waals surface area contributed by atoms with E-state index in [0.717, 1.165) is 34.1 Å². The van der Waals surface area contributed by atoms with Gasteiger partial charge in [0.25, 0.3) is 0 Å². The Morgan fingerprint density at radius 1 is 0.529 bits per heavy atom. The second-order valence-electron chi connectivity index (χ2n) is 8.80. The molecule has 0 amide bonds. The Labute approximate surface area is 202 Å². The van der Waals surface area contributed by atoms with Gasteiger partial charge < -0.3 is 15.2 Å². The highest BCUT2D eigenvalue weighted by molar-refractivity contribution is 5.44. The molecule has 0 atom stereocenters. The van der Waals surface area contributed by atoms with Crippen LogP contribution in [0.4, 0.5) is 0 Å². The monoisotopic (exact) mass is 452 g/mol. The molecule has 0 fully saturated rings. The third-order valence-electron chi connectivity index (χ3n) is 6.44. The van der Waals surface area contributed by atoms with Crippen LogP contribution in [0.15, 0.2) is 84.9 Å². The molecule has 0 spiro atoms. The van der Waals surface area contributed by atoms with Crippen molar-refractivity contribution in [3.05, 3.63) is 118 Å². The minimum Gasteiger partial charge on any atom is -0.457 e. The lowest BCUT2D eigenvalue weighted by Crippen LogP contribution is -2.49. The maximum Gasteiger partial charge on any atom is 0.127 e. The first kappa shape index (κ1) is 23.6. The van der Waals surface area contributed by atoms with E-state index >= 15 is 0 Å². The van der Waals surface area contributed by atoms with E-state index in [1.165, 1.54) is 22.3 Å². The van der Waals surface area contributed by atoms with Crippen LogP contribution < -0.4 is 20.5 Å². The molecule has 34 heavy (non-hydrogen) atoms. The summed E-state index contributed by atoms with van der Waals surface area (Å²) in [5, 5.41) is 3.27. The molecule has 0 aliphatic carbocycles. The van der Waals surface area contributed by atoms with Crippen LogP contribution in [-0.4, -0.2) is 7.05 Å². The Morgan fingerprint density at radius 2 is 0.882 bits per heavy atom. The summed E-state index contributed by atoms with van der Waals surface area (Å²) in [5.41, 5.74) is 12.7. The minimum atomic E-state index is -0.849. The number of ether oxygens (including phenoxy) is 2. The highest BCUT2D eigenvalue weighted by Gasteiger charge is 2.27. The number of benzene rings is 4. The Bertz CT molecular complexity index is 1180.